The highest BCUT2D eigenvalue weighted by Crippen LogP contribution is 2.35. The molecule has 19 heavy (non-hydrogen) atoms. The van der Waals surface area contributed by atoms with E-state index in [1.807, 2.05) is 29.2 Å². The van der Waals surface area contributed by atoms with Crippen LogP contribution in [0.2, 0.25) is 0 Å². The predicted molar refractivity (Wildman–Crippen MR) is 86.5 cm³/mol. The van der Waals surface area contributed by atoms with Gasteiger partial charge in [-0.15, -0.1) is 11.3 Å². The Morgan fingerprint density at radius 3 is 2.84 bits per heavy atom. The lowest BCUT2D eigenvalue weighted by atomic mass is 10.1. The molecular weight excluding hydrogens is 369 g/mol. The number of nitrogens with zero attached hydrogens (tertiary/aromatic N) is 1. The molecule has 0 spiro atoms. The van der Waals surface area contributed by atoms with E-state index < -0.39 is 0 Å². The van der Waals surface area contributed by atoms with Gasteiger partial charge in [0, 0.05) is 15.0 Å². The lowest BCUT2D eigenvalue weighted by Crippen LogP contribution is -2.30. The van der Waals surface area contributed by atoms with Crippen LogP contribution < -0.4 is 0 Å². The van der Waals surface area contributed by atoms with Crippen molar-refractivity contribution in [1.29, 1.82) is 0 Å². The summed E-state index contributed by atoms with van der Waals surface area (Å²) < 4.78 is 1.03. The monoisotopic (exact) mass is 383 g/mol. The molecule has 1 aliphatic heterocycles. The molecule has 1 unspecified atom stereocenters. The molecule has 2 heterocycles. The van der Waals surface area contributed by atoms with Gasteiger partial charge in [0.25, 0.3) is 5.91 Å². The molecule has 3 rings (SSSR count). The third kappa shape index (κ3) is 2.56. The van der Waals surface area contributed by atoms with Gasteiger partial charge in [0.1, 0.15) is 0 Å². The van der Waals surface area contributed by atoms with Crippen molar-refractivity contribution in [2.24, 2.45) is 0 Å². The quantitative estimate of drug-likeness (QED) is 0.707. The van der Waals surface area contributed by atoms with E-state index in [-0.39, 0.29) is 11.9 Å². The lowest BCUT2D eigenvalue weighted by Gasteiger charge is -2.24. The van der Waals surface area contributed by atoms with Gasteiger partial charge in [-0.2, -0.15) is 0 Å². The molecule has 0 radical (unpaired) electrons. The molecule has 1 aromatic carbocycles. The van der Waals surface area contributed by atoms with Crippen molar-refractivity contribution in [1.82, 2.24) is 4.90 Å². The Kier molecular flexibility index (Phi) is 3.88. The van der Waals surface area contributed by atoms with Crippen LogP contribution in [0.4, 0.5) is 0 Å². The van der Waals surface area contributed by atoms with E-state index in [1.54, 1.807) is 11.3 Å². The van der Waals surface area contributed by atoms with Crippen molar-refractivity contribution in [3.05, 3.63) is 55.8 Å². The average Bonchev–Trinajstić information content (AvgIpc) is 3.09. The van der Waals surface area contributed by atoms with Gasteiger partial charge < -0.3 is 4.90 Å². The van der Waals surface area contributed by atoms with E-state index in [0.29, 0.717) is 0 Å². The molecular formula is C15H14INOS. The number of hydrogen-bond donors (Lipinski definition) is 0. The first kappa shape index (κ1) is 13.1. The number of rotatable bonds is 2. The second-order valence-corrected chi connectivity index (χ2v) is 6.79. The zero-order valence-electron chi connectivity index (χ0n) is 10.4. The number of carbonyl (C=O) groups is 1. The molecule has 4 heteroatoms. The average molecular weight is 383 g/mol. The maximum absolute atomic E-state index is 12.7. The van der Waals surface area contributed by atoms with Crippen LogP contribution in [0.15, 0.2) is 41.8 Å². The Morgan fingerprint density at radius 2 is 2.11 bits per heavy atom. The zero-order chi connectivity index (χ0) is 13.2. The van der Waals surface area contributed by atoms with Gasteiger partial charge >= 0.3 is 0 Å². The Hall–Kier alpha value is -0.880. The molecule has 2 nitrogen and oxygen atoms in total. The van der Waals surface area contributed by atoms with E-state index in [1.165, 1.54) is 4.88 Å². The number of amides is 1. The fraction of sp³-hybridized carbons (Fsp3) is 0.267. The smallest absolute Gasteiger partial charge is 0.255 e. The van der Waals surface area contributed by atoms with Crippen molar-refractivity contribution < 1.29 is 4.79 Å². The van der Waals surface area contributed by atoms with Gasteiger partial charge in [-0.3, -0.25) is 4.79 Å². The molecule has 1 aromatic heterocycles. The largest absolute Gasteiger partial charge is 0.331 e. The number of halogens is 1. The molecule has 0 aliphatic carbocycles. The maximum atomic E-state index is 12.7. The zero-order valence-corrected chi connectivity index (χ0v) is 13.4. The number of benzene rings is 1. The SMILES string of the molecule is O=C(c1ccccc1I)N1CCCC1c1cccs1. The molecule has 0 bridgehead atoms. The van der Waals surface area contributed by atoms with Crippen LogP contribution >= 0.6 is 33.9 Å². The molecule has 2 aromatic rings. The van der Waals surface area contributed by atoms with Gasteiger partial charge in [0.05, 0.1) is 11.6 Å². The van der Waals surface area contributed by atoms with Crippen molar-refractivity contribution in [2.45, 2.75) is 18.9 Å². The lowest BCUT2D eigenvalue weighted by molar-refractivity contribution is 0.0737. The Bertz CT molecular complexity index is 582. The van der Waals surface area contributed by atoms with Crippen molar-refractivity contribution >= 4 is 39.8 Å². The first-order valence-electron chi connectivity index (χ1n) is 6.36. The second-order valence-electron chi connectivity index (χ2n) is 4.65. The fourth-order valence-corrected chi connectivity index (χ4v) is 4.07. The molecule has 1 saturated heterocycles. The fourth-order valence-electron chi connectivity index (χ4n) is 2.58. The van der Waals surface area contributed by atoms with Gasteiger partial charge in [0.15, 0.2) is 0 Å². The predicted octanol–water partition coefficient (Wildman–Crippen LogP) is 4.33. The molecule has 1 fully saturated rings. The van der Waals surface area contributed by atoms with Gasteiger partial charge in [-0.05, 0) is 59.0 Å². The summed E-state index contributed by atoms with van der Waals surface area (Å²) in [6, 6.07) is 12.3. The van der Waals surface area contributed by atoms with E-state index in [4.69, 9.17) is 0 Å². The first-order valence-corrected chi connectivity index (χ1v) is 8.32. The summed E-state index contributed by atoms with van der Waals surface area (Å²) in [5, 5.41) is 2.09. The summed E-state index contributed by atoms with van der Waals surface area (Å²) in [6.45, 7) is 0.867. The van der Waals surface area contributed by atoms with E-state index in [0.717, 1.165) is 28.5 Å². The summed E-state index contributed by atoms with van der Waals surface area (Å²) >= 11 is 3.98. The number of thiophene rings is 1. The molecule has 0 saturated carbocycles. The molecule has 0 N–H and O–H groups in total. The van der Waals surface area contributed by atoms with Crippen LogP contribution in [0.25, 0.3) is 0 Å². The van der Waals surface area contributed by atoms with Crippen LogP contribution in [0, 0.1) is 3.57 Å². The third-order valence-corrected chi connectivity index (χ3v) is 5.40. The number of likely N-dealkylation sites (tertiary alicyclic amines) is 1. The standard InChI is InChI=1S/C15H14INOS/c16-12-6-2-1-5-11(12)15(18)17-9-3-7-13(17)14-8-4-10-19-14/h1-2,4-6,8,10,13H,3,7,9H2. The Morgan fingerprint density at radius 1 is 1.26 bits per heavy atom. The van der Waals surface area contributed by atoms with Crippen molar-refractivity contribution in [3.63, 3.8) is 0 Å². The van der Waals surface area contributed by atoms with Crippen LogP contribution in [0.1, 0.15) is 34.1 Å². The van der Waals surface area contributed by atoms with Crippen LogP contribution in [0.3, 0.4) is 0 Å². The summed E-state index contributed by atoms with van der Waals surface area (Å²) in [5.41, 5.74) is 0.826. The van der Waals surface area contributed by atoms with E-state index in [9.17, 15) is 4.79 Å². The maximum Gasteiger partial charge on any atom is 0.255 e. The minimum atomic E-state index is 0.168. The summed E-state index contributed by atoms with van der Waals surface area (Å²) in [6.07, 6.45) is 2.17. The Labute approximate surface area is 130 Å². The minimum Gasteiger partial charge on any atom is -0.331 e. The van der Waals surface area contributed by atoms with Crippen LogP contribution in [-0.4, -0.2) is 17.4 Å². The number of hydrogen-bond acceptors (Lipinski definition) is 2. The van der Waals surface area contributed by atoms with Crippen LogP contribution in [-0.2, 0) is 0 Å². The molecule has 98 valence electrons. The van der Waals surface area contributed by atoms with Crippen molar-refractivity contribution in [2.75, 3.05) is 6.54 Å². The van der Waals surface area contributed by atoms with Gasteiger partial charge in [0.2, 0.25) is 0 Å². The van der Waals surface area contributed by atoms with Gasteiger partial charge in [-0.25, -0.2) is 0 Å². The van der Waals surface area contributed by atoms with Gasteiger partial charge in [-0.1, -0.05) is 18.2 Å². The summed E-state index contributed by atoms with van der Waals surface area (Å²) in [5.74, 6) is 0.168. The van der Waals surface area contributed by atoms with E-state index in [2.05, 4.69) is 40.1 Å². The van der Waals surface area contributed by atoms with Crippen molar-refractivity contribution in [3.8, 4) is 0 Å². The molecule has 1 aliphatic rings. The second kappa shape index (κ2) is 5.63. The topological polar surface area (TPSA) is 20.3 Å². The normalized spacial score (nSPS) is 18.8. The Balaban J connectivity index is 1.89. The number of carbonyl (C=O) groups excluding carboxylic acids is 1. The highest BCUT2D eigenvalue weighted by molar-refractivity contribution is 14.1. The molecule has 1 amide bonds. The highest BCUT2D eigenvalue weighted by atomic mass is 127. The van der Waals surface area contributed by atoms with Crippen LogP contribution in [0.5, 0.6) is 0 Å². The molecule has 1 atom stereocenters. The first-order chi connectivity index (χ1) is 9.27. The third-order valence-electron chi connectivity index (χ3n) is 3.49. The summed E-state index contributed by atoms with van der Waals surface area (Å²) in [4.78, 5) is 16.0. The van der Waals surface area contributed by atoms with E-state index >= 15 is 0 Å². The minimum absolute atomic E-state index is 0.168. The highest BCUT2D eigenvalue weighted by Gasteiger charge is 2.31. The summed E-state index contributed by atoms with van der Waals surface area (Å²) in [7, 11) is 0.